The third kappa shape index (κ3) is 2.72. The highest BCUT2D eigenvalue weighted by Gasteiger charge is 2.36. The number of allylic oxidation sites excluding steroid dienone is 2. The van der Waals surface area contributed by atoms with Gasteiger partial charge in [0.25, 0.3) is 0 Å². The molecule has 0 bridgehead atoms. The minimum absolute atomic E-state index is 0.00292. The van der Waals surface area contributed by atoms with E-state index in [9.17, 15) is 10.1 Å². The van der Waals surface area contributed by atoms with E-state index in [0.717, 1.165) is 16.6 Å². The van der Waals surface area contributed by atoms with Crippen molar-refractivity contribution in [3.8, 4) is 6.07 Å². The molecule has 1 unspecified atom stereocenters. The molecule has 1 aromatic carbocycles. The van der Waals surface area contributed by atoms with E-state index < -0.39 is 11.9 Å². The second-order valence-electron chi connectivity index (χ2n) is 5.72. The van der Waals surface area contributed by atoms with Gasteiger partial charge in [-0.05, 0) is 31.5 Å². The number of nitriles is 1. The van der Waals surface area contributed by atoms with E-state index in [2.05, 4.69) is 11.1 Å². The van der Waals surface area contributed by atoms with E-state index in [1.807, 2.05) is 29.8 Å². The van der Waals surface area contributed by atoms with Crippen molar-refractivity contribution < 1.29 is 14.3 Å². The average molecular weight is 338 g/mol. The van der Waals surface area contributed by atoms with Gasteiger partial charge in [0.2, 0.25) is 5.88 Å². The number of ether oxygens (including phenoxy) is 2. The van der Waals surface area contributed by atoms with E-state index in [4.69, 9.17) is 15.2 Å². The first-order chi connectivity index (χ1) is 12.0. The Balaban J connectivity index is 2.21. The third-order valence-corrected chi connectivity index (χ3v) is 4.18. The Kier molecular flexibility index (Phi) is 4.19. The Labute approximate surface area is 145 Å². The van der Waals surface area contributed by atoms with Gasteiger partial charge in [0.05, 0.1) is 35.5 Å². The lowest BCUT2D eigenvalue weighted by molar-refractivity contribution is -0.139. The molecule has 128 valence electrons. The van der Waals surface area contributed by atoms with Gasteiger partial charge in [-0.3, -0.25) is 0 Å². The molecule has 25 heavy (non-hydrogen) atoms. The molecule has 1 atom stereocenters. The summed E-state index contributed by atoms with van der Waals surface area (Å²) < 4.78 is 12.4. The SMILES string of the molecule is CCOC(=O)C1=C(C)OC(N)=C(C#N)C1c1ccc2ncn(C)c2c1. The van der Waals surface area contributed by atoms with Crippen LogP contribution in [-0.4, -0.2) is 22.1 Å². The Hall–Kier alpha value is -3.27. The number of hydrogen-bond donors (Lipinski definition) is 1. The number of hydrogen-bond acceptors (Lipinski definition) is 6. The van der Waals surface area contributed by atoms with Crippen LogP contribution in [0.5, 0.6) is 0 Å². The van der Waals surface area contributed by atoms with Gasteiger partial charge in [0.1, 0.15) is 17.4 Å². The molecule has 1 aromatic heterocycles. The van der Waals surface area contributed by atoms with Gasteiger partial charge in [0.15, 0.2) is 0 Å². The summed E-state index contributed by atoms with van der Waals surface area (Å²) in [7, 11) is 1.88. The van der Waals surface area contributed by atoms with E-state index in [1.54, 1.807) is 20.2 Å². The maximum absolute atomic E-state index is 12.5. The van der Waals surface area contributed by atoms with Crippen LogP contribution >= 0.6 is 0 Å². The van der Waals surface area contributed by atoms with E-state index in [1.165, 1.54) is 0 Å². The van der Waals surface area contributed by atoms with Crippen LogP contribution < -0.4 is 5.73 Å². The van der Waals surface area contributed by atoms with Gasteiger partial charge in [-0.25, -0.2) is 9.78 Å². The highest BCUT2D eigenvalue weighted by molar-refractivity contribution is 5.93. The summed E-state index contributed by atoms with van der Waals surface area (Å²) in [5, 5.41) is 9.58. The first-order valence-electron chi connectivity index (χ1n) is 7.84. The molecule has 0 fully saturated rings. The zero-order valence-corrected chi connectivity index (χ0v) is 14.2. The molecule has 2 heterocycles. The van der Waals surface area contributed by atoms with Crippen molar-refractivity contribution >= 4 is 17.0 Å². The van der Waals surface area contributed by atoms with Crippen LogP contribution in [-0.2, 0) is 21.3 Å². The van der Waals surface area contributed by atoms with Crippen molar-refractivity contribution in [2.75, 3.05) is 6.61 Å². The second-order valence-corrected chi connectivity index (χ2v) is 5.72. The molecular weight excluding hydrogens is 320 g/mol. The van der Waals surface area contributed by atoms with E-state index in [0.29, 0.717) is 5.76 Å². The Morgan fingerprint density at radius 3 is 2.96 bits per heavy atom. The molecule has 2 N–H and O–H groups in total. The number of carbonyl (C=O) groups is 1. The van der Waals surface area contributed by atoms with Crippen LogP contribution in [0.3, 0.4) is 0 Å². The van der Waals surface area contributed by atoms with Gasteiger partial charge in [-0.1, -0.05) is 6.07 Å². The predicted molar refractivity (Wildman–Crippen MR) is 90.7 cm³/mol. The molecule has 3 rings (SSSR count). The molecule has 2 aromatic rings. The molecule has 0 saturated carbocycles. The minimum atomic E-state index is -0.642. The van der Waals surface area contributed by atoms with Crippen LogP contribution in [0.2, 0.25) is 0 Å². The van der Waals surface area contributed by atoms with Crippen LogP contribution in [0.15, 0.2) is 47.3 Å². The molecule has 7 nitrogen and oxygen atoms in total. The number of aromatic nitrogens is 2. The van der Waals surface area contributed by atoms with Gasteiger partial charge < -0.3 is 19.8 Å². The zero-order chi connectivity index (χ0) is 18.1. The number of carbonyl (C=O) groups excluding carboxylic acids is 1. The lowest BCUT2D eigenvalue weighted by Gasteiger charge is -2.26. The zero-order valence-electron chi connectivity index (χ0n) is 14.2. The minimum Gasteiger partial charge on any atom is -0.463 e. The van der Waals surface area contributed by atoms with Crippen molar-refractivity contribution in [1.29, 1.82) is 5.26 Å². The maximum Gasteiger partial charge on any atom is 0.338 e. The fourth-order valence-electron chi connectivity index (χ4n) is 3.01. The fraction of sp³-hybridized carbons (Fsp3) is 0.278. The molecule has 7 heteroatoms. The molecule has 0 amide bonds. The number of aryl methyl sites for hydroxylation is 1. The summed E-state index contributed by atoms with van der Waals surface area (Å²) in [6, 6.07) is 7.66. The molecule has 0 radical (unpaired) electrons. The van der Waals surface area contributed by atoms with Crippen molar-refractivity contribution in [2.24, 2.45) is 12.8 Å². The van der Waals surface area contributed by atoms with Crippen molar-refractivity contribution in [1.82, 2.24) is 9.55 Å². The predicted octanol–water partition coefficient (Wildman–Crippen LogP) is 2.22. The third-order valence-electron chi connectivity index (χ3n) is 4.18. The molecule has 0 spiro atoms. The number of nitrogens with two attached hydrogens (primary N) is 1. The summed E-state index contributed by atoms with van der Waals surface area (Å²) in [5.74, 6) is -0.819. The number of rotatable bonds is 3. The summed E-state index contributed by atoms with van der Waals surface area (Å²) in [5.41, 5.74) is 8.84. The first-order valence-corrected chi connectivity index (χ1v) is 7.84. The van der Waals surface area contributed by atoms with Crippen LogP contribution in [0.1, 0.15) is 25.3 Å². The highest BCUT2D eigenvalue weighted by Crippen LogP contribution is 2.40. The Morgan fingerprint density at radius 2 is 2.28 bits per heavy atom. The number of benzene rings is 1. The van der Waals surface area contributed by atoms with Crippen LogP contribution in [0, 0.1) is 11.3 Å². The Morgan fingerprint density at radius 1 is 1.52 bits per heavy atom. The highest BCUT2D eigenvalue weighted by atomic mass is 16.5. The molecule has 0 saturated heterocycles. The van der Waals surface area contributed by atoms with E-state index in [-0.39, 0.29) is 23.6 Å². The quantitative estimate of drug-likeness (QED) is 0.861. The van der Waals surface area contributed by atoms with Crippen LogP contribution in [0.25, 0.3) is 11.0 Å². The molecule has 1 aliphatic rings. The summed E-state index contributed by atoms with van der Waals surface area (Å²) in [6.45, 7) is 3.59. The Bertz CT molecular complexity index is 962. The van der Waals surface area contributed by atoms with E-state index >= 15 is 0 Å². The maximum atomic E-state index is 12.5. The summed E-state index contributed by atoms with van der Waals surface area (Å²) >= 11 is 0. The van der Waals surface area contributed by atoms with Crippen molar-refractivity contribution in [3.63, 3.8) is 0 Å². The summed E-state index contributed by atoms with van der Waals surface area (Å²) in [6.07, 6.45) is 1.71. The fourth-order valence-corrected chi connectivity index (χ4v) is 3.01. The van der Waals surface area contributed by atoms with Gasteiger partial charge in [-0.15, -0.1) is 0 Å². The second kappa shape index (κ2) is 6.32. The standard InChI is InChI=1S/C18H18N4O3/c1-4-24-18(23)15-10(2)25-17(20)12(8-19)16(15)11-5-6-13-14(7-11)22(3)9-21-13/h5-7,9,16H,4,20H2,1-3H3. The average Bonchev–Trinajstić information content (AvgIpc) is 2.95. The number of nitrogens with zero attached hydrogens (tertiary/aromatic N) is 3. The lowest BCUT2D eigenvalue weighted by atomic mass is 9.83. The topological polar surface area (TPSA) is 103 Å². The van der Waals surface area contributed by atoms with Gasteiger partial charge in [-0.2, -0.15) is 5.26 Å². The van der Waals surface area contributed by atoms with Gasteiger partial charge in [0, 0.05) is 7.05 Å². The number of fused-ring (bicyclic) bond motifs is 1. The molecular formula is C18H18N4O3. The largest absolute Gasteiger partial charge is 0.463 e. The number of esters is 1. The van der Waals surface area contributed by atoms with Crippen molar-refractivity contribution in [2.45, 2.75) is 19.8 Å². The van der Waals surface area contributed by atoms with Crippen molar-refractivity contribution in [3.05, 3.63) is 52.9 Å². The monoisotopic (exact) mass is 338 g/mol. The van der Waals surface area contributed by atoms with Crippen LogP contribution in [0.4, 0.5) is 0 Å². The lowest BCUT2D eigenvalue weighted by Crippen LogP contribution is -2.25. The first kappa shape index (κ1) is 16.6. The molecule has 0 aliphatic carbocycles. The summed E-state index contributed by atoms with van der Waals surface area (Å²) in [4.78, 5) is 16.8. The normalized spacial score (nSPS) is 17.4. The van der Waals surface area contributed by atoms with Gasteiger partial charge >= 0.3 is 5.97 Å². The smallest absolute Gasteiger partial charge is 0.338 e. The number of imidazole rings is 1. The molecule has 1 aliphatic heterocycles.